The van der Waals surface area contributed by atoms with E-state index in [1.165, 1.54) is 0 Å². The van der Waals surface area contributed by atoms with E-state index in [0.29, 0.717) is 12.6 Å². The highest BCUT2D eigenvalue weighted by Gasteiger charge is 2.26. The smallest absolute Gasteiger partial charge is 0.321 e. The first-order valence-electron chi connectivity index (χ1n) is 7.76. The normalized spacial score (nSPS) is 16.9. The largest absolute Gasteiger partial charge is 0.497 e. The van der Waals surface area contributed by atoms with Gasteiger partial charge in [-0.2, -0.15) is 0 Å². The number of carbonyl (C=O) groups is 1. The minimum Gasteiger partial charge on any atom is -0.497 e. The number of para-hydroxylation sites is 1. The van der Waals surface area contributed by atoms with E-state index in [9.17, 15) is 4.79 Å². The molecular formula is C18H21N3O2. The van der Waals surface area contributed by atoms with Crippen molar-refractivity contribution in [2.24, 2.45) is 0 Å². The molecule has 1 aliphatic heterocycles. The molecule has 2 aromatic carbocycles. The number of hydrogen-bond donors (Lipinski definition) is 2. The highest BCUT2D eigenvalue weighted by Crippen LogP contribution is 2.18. The van der Waals surface area contributed by atoms with Crippen molar-refractivity contribution < 1.29 is 9.53 Å². The number of likely N-dealkylation sites (tertiary alicyclic amines) is 1. The number of nitrogens with zero attached hydrogens (tertiary/aromatic N) is 1. The number of urea groups is 1. The Morgan fingerprint density at radius 3 is 2.52 bits per heavy atom. The first-order chi connectivity index (χ1) is 11.2. The molecule has 1 saturated heterocycles. The number of methoxy groups -OCH3 is 1. The summed E-state index contributed by atoms with van der Waals surface area (Å²) in [5.74, 6) is 0.774. The molecule has 0 bridgehead atoms. The van der Waals surface area contributed by atoms with Gasteiger partial charge in [0.2, 0.25) is 0 Å². The number of anilines is 2. The highest BCUT2D eigenvalue weighted by atomic mass is 16.5. The van der Waals surface area contributed by atoms with E-state index in [-0.39, 0.29) is 6.03 Å². The first kappa shape index (κ1) is 15.2. The molecule has 0 aromatic heterocycles. The van der Waals surface area contributed by atoms with Gasteiger partial charge in [-0.1, -0.05) is 18.2 Å². The summed E-state index contributed by atoms with van der Waals surface area (Å²) in [6, 6.07) is 17.7. The summed E-state index contributed by atoms with van der Waals surface area (Å²) >= 11 is 0. The molecule has 0 saturated carbocycles. The van der Waals surface area contributed by atoms with Crippen molar-refractivity contribution in [3.8, 4) is 5.75 Å². The Kier molecular flexibility index (Phi) is 4.66. The fourth-order valence-corrected chi connectivity index (χ4v) is 2.71. The molecule has 0 aliphatic carbocycles. The quantitative estimate of drug-likeness (QED) is 0.910. The number of hydrogen-bond acceptors (Lipinski definition) is 3. The second kappa shape index (κ2) is 7.05. The summed E-state index contributed by atoms with van der Waals surface area (Å²) in [7, 11) is 1.62. The van der Waals surface area contributed by atoms with Crippen LogP contribution < -0.4 is 15.4 Å². The molecule has 23 heavy (non-hydrogen) atoms. The third kappa shape index (κ3) is 3.94. The number of ether oxygens (including phenoxy) is 1. The zero-order valence-electron chi connectivity index (χ0n) is 13.2. The molecule has 1 atom stereocenters. The average molecular weight is 311 g/mol. The topological polar surface area (TPSA) is 53.6 Å². The van der Waals surface area contributed by atoms with E-state index in [2.05, 4.69) is 10.6 Å². The van der Waals surface area contributed by atoms with Crippen LogP contribution in [0.1, 0.15) is 6.42 Å². The van der Waals surface area contributed by atoms with Crippen LogP contribution in [0.4, 0.5) is 16.2 Å². The molecule has 2 amide bonds. The summed E-state index contributed by atoms with van der Waals surface area (Å²) < 4.78 is 5.11. The van der Waals surface area contributed by atoms with Crippen molar-refractivity contribution in [3.63, 3.8) is 0 Å². The van der Waals surface area contributed by atoms with E-state index in [0.717, 1.165) is 30.1 Å². The molecule has 0 unspecified atom stereocenters. The van der Waals surface area contributed by atoms with Crippen LogP contribution >= 0.6 is 0 Å². The lowest BCUT2D eigenvalue weighted by molar-refractivity contribution is 0.222. The van der Waals surface area contributed by atoms with E-state index >= 15 is 0 Å². The maximum absolute atomic E-state index is 12.3. The SMILES string of the molecule is COc1ccc(NC(=O)N2CC[C@@H](Nc3ccccc3)C2)cc1. The molecule has 2 N–H and O–H groups in total. The molecule has 2 aromatic rings. The number of nitrogens with one attached hydrogen (secondary N) is 2. The Labute approximate surface area is 136 Å². The van der Waals surface area contributed by atoms with Crippen LogP contribution in [-0.2, 0) is 0 Å². The third-order valence-corrected chi connectivity index (χ3v) is 3.96. The zero-order valence-corrected chi connectivity index (χ0v) is 13.2. The minimum atomic E-state index is -0.0625. The van der Waals surface area contributed by atoms with Crippen LogP contribution in [0, 0.1) is 0 Å². The average Bonchev–Trinajstić information content (AvgIpc) is 3.05. The van der Waals surface area contributed by atoms with E-state index in [4.69, 9.17) is 4.74 Å². The Bertz CT molecular complexity index is 643. The summed E-state index contributed by atoms with van der Waals surface area (Å²) in [6.45, 7) is 1.46. The lowest BCUT2D eigenvalue weighted by atomic mass is 10.2. The molecule has 3 rings (SSSR count). The van der Waals surface area contributed by atoms with Gasteiger partial charge in [0.05, 0.1) is 7.11 Å². The Morgan fingerprint density at radius 1 is 1.09 bits per heavy atom. The molecule has 1 fully saturated rings. The Balaban J connectivity index is 1.52. The number of amides is 2. The molecule has 0 radical (unpaired) electrons. The van der Waals surface area contributed by atoms with E-state index < -0.39 is 0 Å². The Morgan fingerprint density at radius 2 is 1.83 bits per heavy atom. The van der Waals surface area contributed by atoms with Crippen molar-refractivity contribution in [3.05, 3.63) is 54.6 Å². The van der Waals surface area contributed by atoms with Gasteiger partial charge in [-0.3, -0.25) is 0 Å². The zero-order chi connectivity index (χ0) is 16.1. The second-order valence-corrected chi connectivity index (χ2v) is 5.60. The molecule has 0 spiro atoms. The van der Waals surface area contributed by atoms with Gasteiger partial charge in [-0.05, 0) is 42.8 Å². The summed E-state index contributed by atoms with van der Waals surface area (Å²) in [5, 5.41) is 6.39. The molecular weight excluding hydrogens is 290 g/mol. The van der Waals surface area contributed by atoms with Crippen LogP contribution in [-0.4, -0.2) is 37.2 Å². The standard InChI is InChI=1S/C18H21N3O2/c1-23-17-9-7-15(8-10-17)20-18(22)21-12-11-16(13-21)19-14-5-3-2-4-6-14/h2-10,16,19H,11-13H2,1H3,(H,20,22)/t16-/m1/s1. The second-order valence-electron chi connectivity index (χ2n) is 5.60. The fourth-order valence-electron chi connectivity index (χ4n) is 2.71. The maximum atomic E-state index is 12.3. The monoisotopic (exact) mass is 311 g/mol. The fraction of sp³-hybridized carbons (Fsp3) is 0.278. The predicted molar refractivity (Wildman–Crippen MR) is 92.1 cm³/mol. The van der Waals surface area contributed by atoms with Gasteiger partial charge >= 0.3 is 6.03 Å². The molecule has 120 valence electrons. The number of carbonyl (C=O) groups excluding carboxylic acids is 1. The highest BCUT2D eigenvalue weighted by molar-refractivity contribution is 5.89. The van der Waals surface area contributed by atoms with Gasteiger partial charge in [0, 0.05) is 30.5 Å². The molecule has 1 aliphatic rings. The summed E-state index contributed by atoms with van der Waals surface area (Å²) in [6.07, 6.45) is 0.949. The van der Waals surface area contributed by atoms with Gasteiger partial charge < -0.3 is 20.3 Å². The van der Waals surface area contributed by atoms with Gasteiger partial charge in [0.1, 0.15) is 5.75 Å². The van der Waals surface area contributed by atoms with Gasteiger partial charge in [-0.25, -0.2) is 4.79 Å². The molecule has 5 heteroatoms. The van der Waals surface area contributed by atoms with Crippen molar-refractivity contribution in [1.29, 1.82) is 0 Å². The lowest BCUT2D eigenvalue weighted by Gasteiger charge is -2.18. The van der Waals surface area contributed by atoms with Gasteiger partial charge in [-0.15, -0.1) is 0 Å². The lowest BCUT2D eigenvalue weighted by Crippen LogP contribution is -2.34. The van der Waals surface area contributed by atoms with E-state index in [1.807, 2.05) is 59.5 Å². The van der Waals surface area contributed by atoms with Crippen LogP contribution in [0.3, 0.4) is 0 Å². The minimum absolute atomic E-state index is 0.0625. The summed E-state index contributed by atoms with van der Waals surface area (Å²) in [5.41, 5.74) is 1.87. The molecule has 5 nitrogen and oxygen atoms in total. The van der Waals surface area contributed by atoms with Crippen LogP contribution in [0.2, 0.25) is 0 Å². The number of benzene rings is 2. The molecule has 1 heterocycles. The van der Waals surface area contributed by atoms with Crippen LogP contribution in [0.5, 0.6) is 5.75 Å². The van der Waals surface area contributed by atoms with Crippen LogP contribution in [0.15, 0.2) is 54.6 Å². The van der Waals surface area contributed by atoms with Crippen molar-refractivity contribution in [1.82, 2.24) is 4.90 Å². The van der Waals surface area contributed by atoms with E-state index in [1.54, 1.807) is 7.11 Å². The van der Waals surface area contributed by atoms with Crippen molar-refractivity contribution in [2.45, 2.75) is 12.5 Å². The van der Waals surface area contributed by atoms with Crippen LogP contribution in [0.25, 0.3) is 0 Å². The van der Waals surface area contributed by atoms with Gasteiger partial charge in [0.15, 0.2) is 0 Å². The van der Waals surface area contributed by atoms with Crippen molar-refractivity contribution in [2.75, 3.05) is 30.8 Å². The Hall–Kier alpha value is -2.69. The van der Waals surface area contributed by atoms with Gasteiger partial charge in [0.25, 0.3) is 0 Å². The third-order valence-electron chi connectivity index (χ3n) is 3.96. The maximum Gasteiger partial charge on any atom is 0.321 e. The predicted octanol–water partition coefficient (Wildman–Crippen LogP) is 3.41. The first-order valence-corrected chi connectivity index (χ1v) is 7.76. The van der Waals surface area contributed by atoms with Crippen molar-refractivity contribution >= 4 is 17.4 Å². The number of rotatable bonds is 4. The summed E-state index contributed by atoms with van der Waals surface area (Å²) in [4.78, 5) is 14.2.